The Morgan fingerprint density at radius 3 is 2.78 bits per heavy atom. The predicted octanol–water partition coefficient (Wildman–Crippen LogP) is 1.79. The molecule has 1 saturated carbocycles. The molecule has 3 atom stereocenters. The molecule has 2 amide bonds. The van der Waals surface area contributed by atoms with Crippen LogP contribution in [0.5, 0.6) is 0 Å². The van der Waals surface area contributed by atoms with Crippen LogP contribution in [0.1, 0.15) is 25.3 Å². The molecule has 0 spiro atoms. The van der Waals surface area contributed by atoms with Gasteiger partial charge in [-0.05, 0) is 42.9 Å². The fourth-order valence-corrected chi connectivity index (χ4v) is 4.53. The van der Waals surface area contributed by atoms with Crippen molar-refractivity contribution in [1.29, 1.82) is 0 Å². The van der Waals surface area contributed by atoms with Crippen molar-refractivity contribution in [2.45, 2.75) is 38.3 Å². The molecule has 3 rings (SSSR count). The first kappa shape index (κ1) is 16.3. The third kappa shape index (κ3) is 3.67. The average Bonchev–Trinajstić information content (AvgIpc) is 3.05. The minimum Gasteiger partial charge on any atom is -0.320 e. The summed E-state index contributed by atoms with van der Waals surface area (Å²) in [5.74, 6) is 0.381. The lowest BCUT2D eigenvalue weighted by Crippen LogP contribution is -2.52. The van der Waals surface area contributed by atoms with E-state index in [0.29, 0.717) is 12.5 Å². The molecule has 23 heavy (non-hydrogen) atoms. The lowest BCUT2D eigenvalue weighted by Gasteiger charge is -2.33. The molecule has 126 valence electrons. The van der Waals surface area contributed by atoms with Crippen molar-refractivity contribution in [3.05, 3.63) is 29.8 Å². The number of aryl methyl sites for hydroxylation is 1. The minimum atomic E-state index is -3.26. The number of rotatable bonds is 4. The molecular formula is C16H23N3O3S. The number of carbonyl (C=O) groups is 1. The zero-order valence-electron chi connectivity index (χ0n) is 13.5. The van der Waals surface area contributed by atoms with E-state index >= 15 is 0 Å². The van der Waals surface area contributed by atoms with Gasteiger partial charge in [0.05, 0.1) is 12.3 Å². The Labute approximate surface area is 137 Å². The van der Waals surface area contributed by atoms with Gasteiger partial charge in [0.15, 0.2) is 0 Å². The predicted molar refractivity (Wildman–Crippen MR) is 89.8 cm³/mol. The number of urea groups is 1. The van der Waals surface area contributed by atoms with E-state index in [-0.39, 0.29) is 18.1 Å². The second-order valence-electron chi connectivity index (χ2n) is 6.54. The van der Waals surface area contributed by atoms with Crippen LogP contribution in [0, 0.1) is 5.92 Å². The van der Waals surface area contributed by atoms with E-state index < -0.39 is 10.0 Å². The van der Waals surface area contributed by atoms with E-state index in [2.05, 4.69) is 17.0 Å². The van der Waals surface area contributed by atoms with Gasteiger partial charge in [-0.1, -0.05) is 19.1 Å². The number of nitrogens with zero attached hydrogens (tertiary/aromatic N) is 1. The number of carbonyl (C=O) groups excluding carboxylic acids is 1. The van der Waals surface area contributed by atoms with Crippen LogP contribution in [-0.4, -0.2) is 44.2 Å². The van der Waals surface area contributed by atoms with Gasteiger partial charge >= 0.3 is 6.03 Å². The number of nitrogens with one attached hydrogen (secondary N) is 2. The lowest BCUT2D eigenvalue weighted by molar-refractivity contribution is 0.183. The molecule has 2 aliphatic rings. The van der Waals surface area contributed by atoms with Gasteiger partial charge in [0.1, 0.15) is 0 Å². The summed E-state index contributed by atoms with van der Waals surface area (Å²) in [4.78, 5) is 14.3. The molecule has 6 nitrogen and oxygen atoms in total. The van der Waals surface area contributed by atoms with Gasteiger partial charge < -0.3 is 10.2 Å². The first-order valence-corrected chi connectivity index (χ1v) is 9.88. The first-order chi connectivity index (χ1) is 10.9. The van der Waals surface area contributed by atoms with Crippen LogP contribution in [0.3, 0.4) is 0 Å². The van der Waals surface area contributed by atoms with Crippen LogP contribution in [0.2, 0.25) is 0 Å². The summed E-state index contributed by atoms with van der Waals surface area (Å²) in [5, 5.41) is 2.94. The van der Waals surface area contributed by atoms with Crippen molar-refractivity contribution in [1.82, 2.24) is 9.62 Å². The molecule has 1 saturated heterocycles. The van der Waals surface area contributed by atoms with Gasteiger partial charge in [0, 0.05) is 18.3 Å². The fourth-order valence-electron chi connectivity index (χ4n) is 3.72. The van der Waals surface area contributed by atoms with Crippen LogP contribution < -0.4 is 10.0 Å². The molecule has 0 radical (unpaired) electrons. The highest BCUT2D eigenvalue weighted by atomic mass is 32.2. The molecule has 2 fully saturated rings. The number of hydrogen-bond donors (Lipinski definition) is 2. The number of amides is 2. The molecule has 2 bridgehead atoms. The average molecular weight is 337 g/mol. The Morgan fingerprint density at radius 2 is 2.13 bits per heavy atom. The molecule has 0 aromatic heterocycles. The highest BCUT2D eigenvalue weighted by Crippen LogP contribution is 2.38. The van der Waals surface area contributed by atoms with Gasteiger partial charge in [-0.15, -0.1) is 0 Å². The van der Waals surface area contributed by atoms with Gasteiger partial charge in [-0.25, -0.2) is 17.9 Å². The number of benzene rings is 1. The number of hydrogen-bond acceptors (Lipinski definition) is 3. The van der Waals surface area contributed by atoms with E-state index in [4.69, 9.17) is 0 Å². The SMILES string of the molecule is CCc1cccc(NC(=O)N2C[C@@H]3C[C@H](NS(C)(=O)=O)[C@H]2C3)c1. The largest absolute Gasteiger partial charge is 0.322 e. The van der Waals surface area contributed by atoms with Crippen LogP contribution in [-0.2, 0) is 16.4 Å². The van der Waals surface area contributed by atoms with E-state index in [1.807, 2.05) is 24.3 Å². The molecule has 1 aliphatic heterocycles. The maximum Gasteiger partial charge on any atom is 0.322 e. The number of sulfonamides is 1. The lowest BCUT2D eigenvalue weighted by atomic mass is 10.1. The van der Waals surface area contributed by atoms with Crippen LogP contribution in [0.25, 0.3) is 0 Å². The topological polar surface area (TPSA) is 78.5 Å². The zero-order valence-corrected chi connectivity index (χ0v) is 14.3. The maximum absolute atomic E-state index is 12.6. The minimum absolute atomic E-state index is 0.0518. The Kier molecular flexibility index (Phi) is 4.33. The third-order valence-corrected chi connectivity index (χ3v) is 5.43. The second kappa shape index (κ2) is 6.13. The number of likely N-dealkylation sites (tertiary alicyclic amines) is 1. The van der Waals surface area contributed by atoms with Gasteiger partial charge in [0.2, 0.25) is 10.0 Å². The molecule has 1 aromatic carbocycles. The Balaban J connectivity index is 1.68. The van der Waals surface area contributed by atoms with Gasteiger partial charge in [0.25, 0.3) is 0 Å². The molecule has 0 unspecified atom stereocenters. The summed E-state index contributed by atoms with van der Waals surface area (Å²) in [7, 11) is -3.26. The van der Waals surface area contributed by atoms with Crippen molar-refractivity contribution in [2.24, 2.45) is 5.92 Å². The Morgan fingerprint density at radius 1 is 1.35 bits per heavy atom. The monoisotopic (exact) mass is 337 g/mol. The normalized spacial score (nSPS) is 26.5. The Bertz CT molecular complexity index is 704. The molecule has 1 heterocycles. The molecule has 2 N–H and O–H groups in total. The molecule has 7 heteroatoms. The van der Waals surface area contributed by atoms with E-state index in [1.54, 1.807) is 4.90 Å². The van der Waals surface area contributed by atoms with Gasteiger partial charge in [-0.3, -0.25) is 0 Å². The van der Waals surface area contributed by atoms with Crippen molar-refractivity contribution in [2.75, 3.05) is 18.1 Å². The number of anilines is 1. The van der Waals surface area contributed by atoms with E-state index in [1.165, 1.54) is 11.8 Å². The van der Waals surface area contributed by atoms with Crippen LogP contribution >= 0.6 is 0 Å². The summed E-state index contributed by atoms with van der Waals surface area (Å²) in [6.45, 7) is 2.77. The maximum atomic E-state index is 12.6. The number of piperidine rings is 1. The molecule has 1 aromatic rings. The highest BCUT2D eigenvalue weighted by Gasteiger charge is 2.47. The standard InChI is InChI=1S/C16H23N3O3S/c1-3-11-5-4-6-13(7-11)17-16(20)19-10-12-8-14(15(19)9-12)18-23(2,21)22/h4-7,12,14-15,18H,3,8-10H2,1-2H3,(H,17,20)/t12-,14+,15-/m1/s1. The van der Waals surface area contributed by atoms with E-state index in [9.17, 15) is 13.2 Å². The summed E-state index contributed by atoms with van der Waals surface area (Å²) < 4.78 is 25.6. The first-order valence-electron chi connectivity index (χ1n) is 7.99. The summed E-state index contributed by atoms with van der Waals surface area (Å²) in [6, 6.07) is 7.43. The smallest absolute Gasteiger partial charge is 0.320 e. The van der Waals surface area contributed by atoms with Crippen LogP contribution in [0.15, 0.2) is 24.3 Å². The molecular weight excluding hydrogens is 314 g/mol. The van der Waals surface area contributed by atoms with E-state index in [0.717, 1.165) is 24.9 Å². The van der Waals surface area contributed by atoms with Crippen molar-refractivity contribution >= 4 is 21.7 Å². The van der Waals surface area contributed by atoms with Crippen molar-refractivity contribution in [3.8, 4) is 0 Å². The third-order valence-electron chi connectivity index (χ3n) is 4.69. The Hall–Kier alpha value is -1.60. The summed E-state index contributed by atoms with van der Waals surface area (Å²) in [5.41, 5.74) is 1.95. The van der Waals surface area contributed by atoms with Crippen molar-refractivity contribution < 1.29 is 13.2 Å². The summed E-state index contributed by atoms with van der Waals surface area (Å²) >= 11 is 0. The fraction of sp³-hybridized carbons (Fsp3) is 0.562. The highest BCUT2D eigenvalue weighted by molar-refractivity contribution is 7.88. The quantitative estimate of drug-likeness (QED) is 0.879. The summed E-state index contributed by atoms with van der Waals surface area (Å²) in [6.07, 6.45) is 3.76. The second-order valence-corrected chi connectivity index (χ2v) is 8.32. The number of fused-ring (bicyclic) bond motifs is 2. The van der Waals surface area contributed by atoms with Gasteiger partial charge in [-0.2, -0.15) is 0 Å². The van der Waals surface area contributed by atoms with Crippen molar-refractivity contribution in [3.63, 3.8) is 0 Å². The zero-order chi connectivity index (χ0) is 16.6. The molecule has 1 aliphatic carbocycles. The van der Waals surface area contributed by atoms with Crippen LogP contribution in [0.4, 0.5) is 10.5 Å².